The third kappa shape index (κ3) is 9.04. The van der Waals surface area contributed by atoms with E-state index in [9.17, 15) is 19.2 Å². The largest absolute Gasteiger partial charge is 0.480 e. The fraction of sp³-hybridized carbons (Fsp3) is 0.750. The van der Waals surface area contributed by atoms with Crippen LogP contribution in [0.15, 0.2) is 0 Å². The molecule has 0 aliphatic rings. The summed E-state index contributed by atoms with van der Waals surface area (Å²) in [6, 6.07) is -2.65. The maximum absolute atomic E-state index is 12.0. The molecule has 0 saturated heterocycles. The number of carboxylic acid groups (broad SMARTS) is 1. The van der Waals surface area contributed by atoms with Gasteiger partial charge in [0.25, 0.3) is 0 Å². The van der Waals surface area contributed by atoms with E-state index in [1.54, 1.807) is 0 Å². The maximum Gasteiger partial charge on any atom is 0.326 e. The highest BCUT2D eigenvalue weighted by Crippen LogP contribution is 2.04. The zero-order valence-electron chi connectivity index (χ0n) is 15.7. The Balaban J connectivity index is 4.41. The summed E-state index contributed by atoms with van der Waals surface area (Å²) in [7, 11) is 0. The van der Waals surface area contributed by atoms with Crippen molar-refractivity contribution in [3.63, 3.8) is 0 Å². The number of carbonyl (C=O) groups is 4. The second kappa shape index (κ2) is 12.5. The Kier molecular flexibility index (Phi) is 11.7. The average molecular weight is 391 g/mol. The maximum atomic E-state index is 12.0. The number of aliphatic carboxylic acids is 1. The molecule has 4 atom stereocenters. The van der Waals surface area contributed by atoms with Crippen molar-refractivity contribution in [2.45, 2.75) is 51.7 Å². The Bertz CT molecular complexity index is 503. The van der Waals surface area contributed by atoms with Gasteiger partial charge in [0, 0.05) is 0 Å². The van der Waals surface area contributed by atoms with E-state index in [2.05, 4.69) is 16.0 Å². The predicted molar refractivity (Wildman–Crippen MR) is 101 cm³/mol. The van der Waals surface area contributed by atoms with Crippen molar-refractivity contribution >= 4 is 35.5 Å². The smallest absolute Gasteiger partial charge is 0.326 e. The van der Waals surface area contributed by atoms with Crippen LogP contribution in [0.5, 0.6) is 0 Å². The summed E-state index contributed by atoms with van der Waals surface area (Å²) < 4.78 is 0. The molecular weight excluding hydrogens is 360 g/mol. The molecule has 0 bridgehead atoms. The van der Waals surface area contributed by atoms with Gasteiger partial charge in [0.15, 0.2) is 0 Å². The standard InChI is InChI=1S/C16H30N4O5S/c1-5-9(2)13(17)15(23)18-8-12(21)19-10(3)14(22)20-11(16(24)25)6-7-26-4/h9-11,13H,5-8,17H2,1-4H3,(H,18,23)(H,19,21)(H,20,22)(H,24,25). The quantitative estimate of drug-likeness (QED) is 0.296. The number of hydrogen-bond donors (Lipinski definition) is 5. The van der Waals surface area contributed by atoms with E-state index in [1.165, 1.54) is 18.7 Å². The average Bonchev–Trinajstić information content (AvgIpc) is 2.60. The fourth-order valence-corrected chi connectivity index (χ4v) is 2.42. The molecule has 3 amide bonds. The Labute approximate surface area is 158 Å². The first-order valence-corrected chi connectivity index (χ1v) is 9.88. The van der Waals surface area contributed by atoms with Crippen LogP contribution in [-0.2, 0) is 19.2 Å². The van der Waals surface area contributed by atoms with E-state index in [4.69, 9.17) is 10.8 Å². The number of carboxylic acids is 1. The predicted octanol–water partition coefficient (Wildman–Crippen LogP) is -0.697. The number of nitrogens with two attached hydrogens (primary N) is 1. The molecule has 0 saturated carbocycles. The molecule has 10 heteroatoms. The van der Waals surface area contributed by atoms with Crippen LogP contribution in [-0.4, -0.2) is 65.5 Å². The highest BCUT2D eigenvalue weighted by atomic mass is 32.2. The van der Waals surface area contributed by atoms with Gasteiger partial charge in [-0.05, 0) is 31.3 Å². The normalized spacial score (nSPS) is 15.3. The van der Waals surface area contributed by atoms with Gasteiger partial charge < -0.3 is 26.8 Å². The van der Waals surface area contributed by atoms with Gasteiger partial charge in [-0.1, -0.05) is 20.3 Å². The first-order chi connectivity index (χ1) is 12.1. The Hall–Kier alpha value is -1.81. The van der Waals surface area contributed by atoms with E-state index in [1.807, 2.05) is 20.1 Å². The molecule has 0 rings (SSSR count). The van der Waals surface area contributed by atoms with Crippen LogP contribution in [0.4, 0.5) is 0 Å². The third-order valence-electron chi connectivity index (χ3n) is 3.98. The molecule has 6 N–H and O–H groups in total. The number of rotatable bonds is 12. The minimum atomic E-state index is -1.13. The van der Waals surface area contributed by atoms with E-state index in [0.29, 0.717) is 5.75 Å². The third-order valence-corrected chi connectivity index (χ3v) is 4.62. The van der Waals surface area contributed by atoms with Gasteiger partial charge in [0.2, 0.25) is 17.7 Å². The number of hydrogen-bond acceptors (Lipinski definition) is 6. The lowest BCUT2D eigenvalue weighted by Crippen LogP contribution is -2.53. The number of nitrogens with one attached hydrogen (secondary N) is 3. The molecule has 0 aromatic heterocycles. The molecular formula is C16H30N4O5S. The van der Waals surface area contributed by atoms with Crippen LogP contribution < -0.4 is 21.7 Å². The molecule has 0 spiro atoms. The van der Waals surface area contributed by atoms with Gasteiger partial charge in [0.1, 0.15) is 12.1 Å². The van der Waals surface area contributed by atoms with Crippen LogP contribution in [0.2, 0.25) is 0 Å². The van der Waals surface area contributed by atoms with Crippen molar-refractivity contribution in [2.75, 3.05) is 18.6 Å². The monoisotopic (exact) mass is 390 g/mol. The first-order valence-electron chi connectivity index (χ1n) is 8.48. The van der Waals surface area contributed by atoms with Crippen LogP contribution in [0.25, 0.3) is 0 Å². The van der Waals surface area contributed by atoms with Crippen LogP contribution >= 0.6 is 11.8 Å². The SMILES string of the molecule is CCC(C)C(N)C(=O)NCC(=O)NC(C)C(=O)NC(CCSC)C(=O)O. The lowest BCUT2D eigenvalue weighted by molar-refractivity contribution is -0.142. The molecule has 0 aliphatic carbocycles. The summed E-state index contributed by atoms with van der Waals surface area (Å²) in [6.07, 6.45) is 2.86. The van der Waals surface area contributed by atoms with Crippen molar-refractivity contribution < 1.29 is 24.3 Å². The van der Waals surface area contributed by atoms with Crippen molar-refractivity contribution in [1.29, 1.82) is 0 Å². The van der Waals surface area contributed by atoms with Crippen LogP contribution in [0, 0.1) is 5.92 Å². The molecule has 0 radical (unpaired) electrons. The number of carbonyl (C=O) groups excluding carboxylic acids is 3. The molecule has 9 nitrogen and oxygen atoms in total. The van der Waals surface area contributed by atoms with Crippen molar-refractivity contribution in [3.8, 4) is 0 Å². The summed E-state index contributed by atoms with van der Waals surface area (Å²) in [5, 5.41) is 16.3. The molecule has 0 fully saturated rings. The van der Waals surface area contributed by atoms with Gasteiger partial charge in [-0.15, -0.1) is 0 Å². The summed E-state index contributed by atoms with van der Waals surface area (Å²) >= 11 is 1.47. The second-order valence-electron chi connectivity index (χ2n) is 6.10. The van der Waals surface area contributed by atoms with E-state index in [-0.39, 0.29) is 18.9 Å². The Morgan fingerprint density at radius 2 is 1.73 bits per heavy atom. The van der Waals surface area contributed by atoms with Crippen molar-refractivity contribution in [1.82, 2.24) is 16.0 Å². The van der Waals surface area contributed by atoms with E-state index < -0.39 is 41.8 Å². The highest BCUT2D eigenvalue weighted by molar-refractivity contribution is 7.98. The lowest BCUT2D eigenvalue weighted by atomic mass is 9.99. The molecule has 0 heterocycles. The molecule has 4 unspecified atom stereocenters. The summed E-state index contributed by atoms with van der Waals surface area (Å²) in [4.78, 5) is 46.8. The van der Waals surface area contributed by atoms with E-state index >= 15 is 0 Å². The van der Waals surface area contributed by atoms with Gasteiger partial charge in [-0.3, -0.25) is 14.4 Å². The minimum absolute atomic E-state index is 0.0167. The zero-order valence-corrected chi connectivity index (χ0v) is 16.5. The topological polar surface area (TPSA) is 151 Å². The van der Waals surface area contributed by atoms with Crippen molar-refractivity contribution in [3.05, 3.63) is 0 Å². The molecule has 0 aromatic carbocycles. The molecule has 0 aromatic rings. The van der Waals surface area contributed by atoms with E-state index in [0.717, 1.165) is 6.42 Å². The summed E-state index contributed by atoms with van der Waals surface area (Å²) in [5.74, 6) is -2.16. The lowest BCUT2D eigenvalue weighted by Gasteiger charge is -2.20. The minimum Gasteiger partial charge on any atom is -0.480 e. The van der Waals surface area contributed by atoms with Gasteiger partial charge in [0.05, 0.1) is 12.6 Å². The summed E-state index contributed by atoms with van der Waals surface area (Å²) in [5.41, 5.74) is 5.76. The molecule has 0 aliphatic heterocycles. The van der Waals surface area contributed by atoms with Gasteiger partial charge in [-0.2, -0.15) is 11.8 Å². The molecule has 150 valence electrons. The van der Waals surface area contributed by atoms with Crippen LogP contribution in [0.3, 0.4) is 0 Å². The Morgan fingerprint density at radius 3 is 2.23 bits per heavy atom. The fourth-order valence-electron chi connectivity index (χ4n) is 1.95. The van der Waals surface area contributed by atoms with Gasteiger partial charge >= 0.3 is 5.97 Å². The second-order valence-corrected chi connectivity index (χ2v) is 7.08. The number of amides is 3. The van der Waals surface area contributed by atoms with Gasteiger partial charge in [-0.25, -0.2) is 4.79 Å². The Morgan fingerprint density at radius 1 is 1.12 bits per heavy atom. The van der Waals surface area contributed by atoms with Crippen molar-refractivity contribution in [2.24, 2.45) is 11.7 Å². The first kappa shape index (κ1) is 24.2. The molecule has 26 heavy (non-hydrogen) atoms. The summed E-state index contributed by atoms with van der Waals surface area (Å²) in [6.45, 7) is 4.88. The number of thioether (sulfide) groups is 1. The highest BCUT2D eigenvalue weighted by Gasteiger charge is 2.24. The van der Waals surface area contributed by atoms with Crippen LogP contribution in [0.1, 0.15) is 33.6 Å². The zero-order chi connectivity index (χ0) is 20.3.